The van der Waals surface area contributed by atoms with E-state index in [9.17, 15) is 8.78 Å². The number of hydrogen-bond donors (Lipinski definition) is 2. The minimum atomic E-state index is -2.51. The number of halogens is 3. The zero-order valence-electron chi connectivity index (χ0n) is 12.4. The molecule has 1 saturated carbocycles. The van der Waals surface area contributed by atoms with E-state index in [4.69, 9.17) is 5.73 Å². The van der Waals surface area contributed by atoms with Crippen molar-refractivity contribution in [1.29, 1.82) is 0 Å². The molecule has 3 N–H and O–H groups in total. The van der Waals surface area contributed by atoms with Gasteiger partial charge in [-0.15, -0.1) is 24.0 Å². The molecule has 1 unspecified atom stereocenters. The Morgan fingerprint density at radius 1 is 1.32 bits per heavy atom. The van der Waals surface area contributed by atoms with E-state index in [1.54, 1.807) is 0 Å². The number of guanidine groups is 1. The number of anilines is 1. The van der Waals surface area contributed by atoms with Crippen LogP contribution in [0.15, 0.2) is 23.2 Å². The Hall–Kier alpha value is -0.920. The van der Waals surface area contributed by atoms with Crippen molar-refractivity contribution in [1.82, 2.24) is 0 Å². The lowest BCUT2D eigenvalue weighted by atomic mass is 10.1. The molecule has 6 heteroatoms. The zero-order chi connectivity index (χ0) is 14.9. The second-order valence-electron chi connectivity index (χ2n) is 6.15. The Labute approximate surface area is 146 Å². The molecular weight excluding hydrogens is 399 g/mol. The molecule has 1 aromatic carbocycles. The van der Waals surface area contributed by atoms with Gasteiger partial charge in [-0.1, -0.05) is 6.07 Å². The van der Waals surface area contributed by atoms with Gasteiger partial charge >= 0.3 is 0 Å². The van der Waals surface area contributed by atoms with Crippen molar-refractivity contribution >= 4 is 35.6 Å². The van der Waals surface area contributed by atoms with Gasteiger partial charge in [0.2, 0.25) is 5.92 Å². The Kier molecular flexibility index (Phi) is 5.63. The molecule has 1 atom stereocenters. The number of nitrogens with one attached hydrogen (secondary N) is 1. The van der Waals surface area contributed by atoms with E-state index in [0.29, 0.717) is 18.9 Å². The van der Waals surface area contributed by atoms with Crippen LogP contribution in [0.5, 0.6) is 0 Å². The molecule has 22 heavy (non-hydrogen) atoms. The Bertz CT molecular complexity index is 560. The lowest BCUT2D eigenvalue weighted by Gasteiger charge is -2.10. The molecule has 0 spiro atoms. The standard InChI is InChI=1S/C16H21F2N3.HI/c17-16(18)7-6-11(9-16)10-20-15(19)21-14-5-4-12-2-1-3-13(12)8-14;/h4-5,8,11H,1-3,6-7,9-10H2,(H3,19,20,21);1H. The van der Waals surface area contributed by atoms with Crippen LogP contribution in [0.4, 0.5) is 14.5 Å². The van der Waals surface area contributed by atoms with Crippen LogP contribution in [-0.4, -0.2) is 18.4 Å². The number of rotatable bonds is 3. The van der Waals surface area contributed by atoms with Gasteiger partial charge in [0, 0.05) is 25.1 Å². The molecular formula is C16H22F2IN3. The van der Waals surface area contributed by atoms with Gasteiger partial charge in [-0.3, -0.25) is 4.99 Å². The number of nitrogens with two attached hydrogens (primary N) is 1. The molecule has 0 heterocycles. The maximum atomic E-state index is 13.1. The first-order valence-electron chi connectivity index (χ1n) is 7.58. The van der Waals surface area contributed by atoms with Crippen molar-refractivity contribution in [2.24, 2.45) is 16.6 Å². The van der Waals surface area contributed by atoms with Crippen LogP contribution < -0.4 is 11.1 Å². The number of benzene rings is 1. The quantitative estimate of drug-likeness (QED) is 0.441. The predicted molar refractivity (Wildman–Crippen MR) is 96.3 cm³/mol. The maximum Gasteiger partial charge on any atom is 0.248 e. The average molecular weight is 421 g/mol. The van der Waals surface area contributed by atoms with Gasteiger partial charge in [-0.05, 0) is 54.9 Å². The maximum absolute atomic E-state index is 13.1. The molecule has 0 aliphatic heterocycles. The van der Waals surface area contributed by atoms with Crippen LogP contribution in [0.25, 0.3) is 0 Å². The molecule has 1 aromatic rings. The summed E-state index contributed by atoms with van der Waals surface area (Å²) in [5.74, 6) is -2.26. The third kappa shape index (κ3) is 4.30. The van der Waals surface area contributed by atoms with Gasteiger partial charge < -0.3 is 11.1 Å². The van der Waals surface area contributed by atoms with Crippen LogP contribution in [0.2, 0.25) is 0 Å². The summed E-state index contributed by atoms with van der Waals surface area (Å²) in [7, 11) is 0. The first-order chi connectivity index (χ1) is 10.0. The van der Waals surface area contributed by atoms with Crippen molar-refractivity contribution in [3.05, 3.63) is 29.3 Å². The number of hydrogen-bond acceptors (Lipinski definition) is 1. The summed E-state index contributed by atoms with van der Waals surface area (Å²) in [6.07, 6.45) is 3.91. The lowest BCUT2D eigenvalue weighted by Crippen LogP contribution is -2.24. The second kappa shape index (κ2) is 7.10. The summed E-state index contributed by atoms with van der Waals surface area (Å²) in [6, 6.07) is 6.22. The van der Waals surface area contributed by atoms with Crippen molar-refractivity contribution in [3.63, 3.8) is 0 Å². The SMILES string of the molecule is I.NC(=NCC1CCC(F)(F)C1)Nc1ccc2c(c1)CCC2. The Morgan fingerprint density at radius 2 is 2.09 bits per heavy atom. The predicted octanol–water partition coefficient (Wildman–Crippen LogP) is 3.96. The van der Waals surface area contributed by atoms with Gasteiger partial charge in [0.05, 0.1) is 0 Å². The summed E-state index contributed by atoms with van der Waals surface area (Å²) >= 11 is 0. The fraction of sp³-hybridized carbons (Fsp3) is 0.562. The van der Waals surface area contributed by atoms with Crippen molar-refractivity contribution in [2.45, 2.75) is 44.4 Å². The molecule has 2 aliphatic rings. The molecule has 2 aliphatic carbocycles. The largest absolute Gasteiger partial charge is 0.370 e. The van der Waals surface area contributed by atoms with Crippen molar-refractivity contribution in [2.75, 3.05) is 11.9 Å². The highest BCUT2D eigenvalue weighted by Crippen LogP contribution is 2.38. The van der Waals surface area contributed by atoms with E-state index >= 15 is 0 Å². The molecule has 0 saturated heterocycles. The highest BCUT2D eigenvalue weighted by molar-refractivity contribution is 14.0. The van der Waals surface area contributed by atoms with Crippen molar-refractivity contribution < 1.29 is 8.78 Å². The van der Waals surface area contributed by atoms with Gasteiger partial charge in [-0.25, -0.2) is 8.78 Å². The molecule has 0 aromatic heterocycles. The fourth-order valence-electron chi connectivity index (χ4n) is 3.26. The third-order valence-corrected chi connectivity index (χ3v) is 4.40. The topological polar surface area (TPSA) is 50.4 Å². The first-order valence-corrected chi connectivity index (χ1v) is 7.58. The van der Waals surface area contributed by atoms with Gasteiger partial charge in [-0.2, -0.15) is 0 Å². The van der Waals surface area contributed by atoms with E-state index < -0.39 is 5.92 Å². The molecule has 0 bridgehead atoms. The Morgan fingerprint density at radius 3 is 2.82 bits per heavy atom. The molecule has 1 fully saturated rings. The van der Waals surface area contributed by atoms with Crippen molar-refractivity contribution in [3.8, 4) is 0 Å². The van der Waals surface area contributed by atoms with Crippen LogP contribution >= 0.6 is 24.0 Å². The Balaban J connectivity index is 0.00000176. The number of fused-ring (bicyclic) bond motifs is 1. The van der Waals surface area contributed by atoms with E-state index in [2.05, 4.69) is 22.4 Å². The number of nitrogens with zero attached hydrogens (tertiary/aromatic N) is 1. The van der Waals surface area contributed by atoms with Crippen LogP contribution in [-0.2, 0) is 12.8 Å². The smallest absolute Gasteiger partial charge is 0.248 e. The second-order valence-corrected chi connectivity index (χ2v) is 6.15. The summed E-state index contributed by atoms with van der Waals surface area (Å²) < 4.78 is 26.2. The summed E-state index contributed by atoms with van der Waals surface area (Å²) in [5, 5.41) is 3.06. The zero-order valence-corrected chi connectivity index (χ0v) is 14.8. The van der Waals surface area contributed by atoms with E-state index in [0.717, 1.165) is 18.5 Å². The lowest BCUT2D eigenvalue weighted by molar-refractivity contribution is 0.00542. The minimum absolute atomic E-state index is 0. The number of alkyl halides is 2. The van der Waals surface area contributed by atoms with Gasteiger partial charge in [0.25, 0.3) is 0 Å². The van der Waals surface area contributed by atoms with E-state index in [-0.39, 0.29) is 42.7 Å². The van der Waals surface area contributed by atoms with Gasteiger partial charge in [0.15, 0.2) is 5.96 Å². The number of aryl methyl sites for hydroxylation is 2. The normalized spacial score (nSPS) is 23.0. The molecule has 0 radical (unpaired) electrons. The highest BCUT2D eigenvalue weighted by Gasteiger charge is 2.39. The third-order valence-electron chi connectivity index (χ3n) is 4.40. The summed E-state index contributed by atoms with van der Waals surface area (Å²) in [4.78, 5) is 4.21. The fourth-order valence-corrected chi connectivity index (χ4v) is 3.26. The van der Waals surface area contributed by atoms with Gasteiger partial charge in [0.1, 0.15) is 0 Å². The van der Waals surface area contributed by atoms with Crippen LogP contribution in [0.3, 0.4) is 0 Å². The molecule has 0 amide bonds. The molecule has 3 rings (SSSR count). The minimum Gasteiger partial charge on any atom is -0.370 e. The van der Waals surface area contributed by atoms with E-state index in [1.165, 1.54) is 17.5 Å². The highest BCUT2D eigenvalue weighted by atomic mass is 127. The summed E-state index contributed by atoms with van der Waals surface area (Å²) in [5.41, 5.74) is 9.54. The molecule has 3 nitrogen and oxygen atoms in total. The van der Waals surface area contributed by atoms with Crippen LogP contribution in [0, 0.1) is 5.92 Å². The summed E-state index contributed by atoms with van der Waals surface area (Å²) in [6.45, 7) is 0.374. The first kappa shape index (κ1) is 17.4. The van der Waals surface area contributed by atoms with Crippen LogP contribution in [0.1, 0.15) is 36.8 Å². The average Bonchev–Trinajstić information content (AvgIpc) is 3.02. The molecule has 122 valence electrons. The monoisotopic (exact) mass is 421 g/mol. The number of aliphatic imine (C=N–C) groups is 1. The van der Waals surface area contributed by atoms with E-state index in [1.807, 2.05) is 6.07 Å².